The first kappa shape index (κ1) is 26.1. The van der Waals surface area contributed by atoms with Gasteiger partial charge in [-0.3, -0.25) is 0 Å². The highest BCUT2D eigenvalue weighted by Crippen LogP contribution is 2.49. The summed E-state index contributed by atoms with van der Waals surface area (Å²) in [6.45, 7) is 0. The minimum atomic E-state index is 0.914. The van der Waals surface area contributed by atoms with Crippen LogP contribution in [0, 0.1) is 0 Å². The second kappa shape index (κ2) is 10.2. The summed E-state index contributed by atoms with van der Waals surface area (Å²) in [5.74, 6) is 0. The minimum Gasteiger partial charge on any atom is -0.456 e. The maximum absolute atomic E-state index is 6.71. The molecule has 1 heteroatoms. The molecule has 9 aromatic carbocycles. The molecule has 0 saturated heterocycles. The average Bonchev–Trinajstić information content (AvgIpc) is 3.53. The van der Waals surface area contributed by atoms with E-state index < -0.39 is 0 Å². The largest absolute Gasteiger partial charge is 0.456 e. The second-order valence-corrected chi connectivity index (χ2v) is 12.4. The maximum atomic E-state index is 6.71. The van der Waals surface area contributed by atoms with Crippen LogP contribution in [0.15, 0.2) is 174 Å². The molecule has 10 aromatic rings. The molecule has 1 aromatic heterocycles. The standard InChI is InChI=1S/C46H28O/c1-2-14-29(15-3-1)31-17-6-8-20-34(31)43-36-22-10-12-24-38(36)44(39-25-13-11-23-37(39)43)40-28-42-46(35-21-9-7-19-33(35)40)45-32-18-5-4-16-30(32)26-27-41(45)47-42/h1-28H. The van der Waals surface area contributed by atoms with Crippen molar-refractivity contribution in [1.29, 1.82) is 0 Å². The summed E-state index contributed by atoms with van der Waals surface area (Å²) in [6.07, 6.45) is 0. The summed E-state index contributed by atoms with van der Waals surface area (Å²) in [5, 5.41) is 12.2. The van der Waals surface area contributed by atoms with Crippen molar-refractivity contribution in [2.45, 2.75) is 0 Å². The summed E-state index contributed by atoms with van der Waals surface area (Å²) in [4.78, 5) is 0. The first-order chi connectivity index (χ1) is 23.3. The van der Waals surface area contributed by atoms with E-state index in [1.54, 1.807) is 0 Å². The molecule has 0 spiro atoms. The Hall–Kier alpha value is -6.18. The van der Waals surface area contributed by atoms with Gasteiger partial charge in [0.05, 0.1) is 0 Å². The molecular weight excluding hydrogens is 569 g/mol. The van der Waals surface area contributed by atoms with Crippen molar-refractivity contribution in [2.75, 3.05) is 0 Å². The molecule has 0 unspecified atom stereocenters. The van der Waals surface area contributed by atoms with Crippen LogP contribution < -0.4 is 0 Å². The van der Waals surface area contributed by atoms with Gasteiger partial charge in [0.1, 0.15) is 11.2 Å². The number of furan rings is 1. The molecule has 0 aliphatic heterocycles. The van der Waals surface area contributed by atoms with E-state index in [9.17, 15) is 0 Å². The Labute approximate surface area is 271 Å². The summed E-state index contributed by atoms with van der Waals surface area (Å²) in [6, 6.07) is 61.4. The van der Waals surface area contributed by atoms with Crippen LogP contribution >= 0.6 is 0 Å². The number of fused-ring (bicyclic) bond motifs is 9. The minimum absolute atomic E-state index is 0.914. The van der Waals surface area contributed by atoms with Crippen molar-refractivity contribution in [2.24, 2.45) is 0 Å². The summed E-state index contributed by atoms with van der Waals surface area (Å²) in [5.41, 5.74) is 9.21. The highest BCUT2D eigenvalue weighted by molar-refractivity contribution is 6.31. The Morgan fingerprint density at radius 3 is 1.47 bits per heavy atom. The van der Waals surface area contributed by atoms with E-state index in [0.29, 0.717) is 0 Å². The molecule has 0 atom stereocenters. The number of hydrogen-bond donors (Lipinski definition) is 0. The quantitative estimate of drug-likeness (QED) is 0.185. The highest BCUT2D eigenvalue weighted by Gasteiger charge is 2.22. The zero-order chi connectivity index (χ0) is 30.9. The molecule has 1 heterocycles. The third-order valence-electron chi connectivity index (χ3n) is 9.85. The van der Waals surface area contributed by atoms with Crippen molar-refractivity contribution in [1.82, 2.24) is 0 Å². The smallest absolute Gasteiger partial charge is 0.136 e. The predicted octanol–water partition coefficient (Wildman–Crippen LogP) is 13.2. The normalized spacial score (nSPS) is 11.8. The van der Waals surface area contributed by atoms with Crippen LogP contribution in [0.3, 0.4) is 0 Å². The van der Waals surface area contributed by atoms with Crippen LogP contribution in [-0.2, 0) is 0 Å². The van der Waals surface area contributed by atoms with Gasteiger partial charge >= 0.3 is 0 Å². The molecule has 0 N–H and O–H groups in total. The van der Waals surface area contributed by atoms with Gasteiger partial charge in [0.15, 0.2) is 0 Å². The van der Waals surface area contributed by atoms with Gasteiger partial charge in [0.2, 0.25) is 0 Å². The Balaban J connectivity index is 1.36. The summed E-state index contributed by atoms with van der Waals surface area (Å²) >= 11 is 0. The van der Waals surface area contributed by atoms with Gasteiger partial charge in [-0.2, -0.15) is 0 Å². The SMILES string of the molecule is c1ccc(-c2ccccc2-c2c3ccccc3c(-c3cc4oc5ccc6ccccc6c5c4c4ccccc34)c3ccccc23)cc1. The molecule has 0 aliphatic carbocycles. The molecule has 10 rings (SSSR count). The van der Waals surface area contributed by atoms with Crippen molar-refractivity contribution < 1.29 is 4.42 Å². The Morgan fingerprint density at radius 1 is 0.298 bits per heavy atom. The molecule has 0 aliphatic rings. The topological polar surface area (TPSA) is 13.1 Å². The van der Waals surface area contributed by atoms with Gasteiger partial charge in [0.25, 0.3) is 0 Å². The summed E-state index contributed by atoms with van der Waals surface area (Å²) < 4.78 is 6.71. The van der Waals surface area contributed by atoms with E-state index in [-0.39, 0.29) is 0 Å². The maximum Gasteiger partial charge on any atom is 0.136 e. The van der Waals surface area contributed by atoms with Gasteiger partial charge < -0.3 is 4.42 Å². The van der Waals surface area contributed by atoms with Gasteiger partial charge in [0, 0.05) is 10.8 Å². The van der Waals surface area contributed by atoms with Crippen molar-refractivity contribution in [3.05, 3.63) is 170 Å². The number of rotatable bonds is 3. The predicted molar refractivity (Wildman–Crippen MR) is 200 cm³/mol. The molecular formula is C46H28O. The zero-order valence-electron chi connectivity index (χ0n) is 25.6. The lowest BCUT2D eigenvalue weighted by Crippen LogP contribution is -1.93. The molecule has 0 bridgehead atoms. The van der Waals surface area contributed by atoms with Gasteiger partial charge in [-0.1, -0.05) is 158 Å². The first-order valence-corrected chi connectivity index (χ1v) is 16.2. The molecule has 0 amide bonds. The highest BCUT2D eigenvalue weighted by atomic mass is 16.3. The fraction of sp³-hybridized carbons (Fsp3) is 0. The van der Waals surface area contributed by atoms with E-state index >= 15 is 0 Å². The number of hydrogen-bond acceptors (Lipinski definition) is 1. The van der Waals surface area contributed by atoms with Gasteiger partial charge in [-0.15, -0.1) is 0 Å². The van der Waals surface area contributed by atoms with Gasteiger partial charge in [-0.05, 0) is 88.6 Å². The molecule has 47 heavy (non-hydrogen) atoms. The average molecular weight is 597 g/mol. The third-order valence-corrected chi connectivity index (χ3v) is 9.85. The Morgan fingerprint density at radius 2 is 0.787 bits per heavy atom. The van der Waals surface area contributed by atoms with Crippen LogP contribution in [0.5, 0.6) is 0 Å². The van der Waals surface area contributed by atoms with Crippen molar-refractivity contribution in [3.63, 3.8) is 0 Å². The van der Waals surface area contributed by atoms with Crippen LogP contribution in [-0.4, -0.2) is 0 Å². The lowest BCUT2D eigenvalue weighted by Gasteiger charge is -2.20. The molecule has 1 nitrogen and oxygen atoms in total. The van der Waals surface area contributed by atoms with E-state index in [4.69, 9.17) is 4.42 Å². The second-order valence-electron chi connectivity index (χ2n) is 12.4. The van der Waals surface area contributed by atoms with Gasteiger partial charge in [-0.25, -0.2) is 0 Å². The molecule has 0 saturated carbocycles. The zero-order valence-corrected chi connectivity index (χ0v) is 25.6. The van der Waals surface area contributed by atoms with E-state index in [1.807, 2.05) is 0 Å². The first-order valence-electron chi connectivity index (χ1n) is 16.2. The molecule has 0 radical (unpaired) electrons. The van der Waals surface area contributed by atoms with Crippen LogP contribution in [0.25, 0.3) is 98.4 Å². The van der Waals surface area contributed by atoms with Crippen molar-refractivity contribution >= 4 is 65.0 Å². The lowest BCUT2D eigenvalue weighted by molar-refractivity contribution is 0.669. The van der Waals surface area contributed by atoms with E-state index in [1.165, 1.54) is 87.2 Å². The van der Waals surface area contributed by atoms with E-state index in [2.05, 4.69) is 170 Å². The van der Waals surface area contributed by atoms with Crippen LogP contribution in [0.2, 0.25) is 0 Å². The third kappa shape index (κ3) is 3.84. The summed E-state index contributed by atoms with van der Waals surface area (Å²) in [7, 11) is 0. The fourth-order valence-corrected chi connectivity index (χ4v) is 7.89. The monoisotopic (exact) mass is 596 g/mol. The van der Waals surface area contributed by atoms with Crippen LogP contribution in [0.4, 0.5) is 0 Å². The molecule has 0 fully saturated rings. The Kier molecular flexibility index (Phi) is 5.64. The lowest BCUT2D eigenvalue weighted by atomic mass is 9.82. The Bertz CT molecular complexity index is 2780. The number of benzene rings is 9. The van der Waals surface area contributed by atoms with E-state index in [0.717, 1.165) is 11.2 Å². The van der Waals surface area contributed by atoms with Crippen molar-refractivity contribution in [3.8, 4) is 33.4 Å². The fourth-order valence-electron chi connectivity index (χ4n) is 7.89. The van der Waals surface area contributed by atoms with Crippen LogP contribution in [0.1, 0.15) is 0 Å². The molecule has 218 valence electrons.